The summed E-state index contributed by atoms with van der Waals surface area (Å²) in [7, 11) is 0. The lowest BCUT2D eigenvalue weighted by molar-refractivity contribution is -0.124. The van der Waals surface area contributed by atoms with Gasteiger partial charge >= 0.3 is 0 Å². The van der Waals surface area contributed by atoms with Crippen LogP contribution in [0, 0.1) is 6.92 Å². The van der Waals surface area contributed by atoms with Crippen molar-refractivity contribution in [2.24, 2.45) is 0 Å². The minimum Gasteiger partial charge on any atom is -0.484 e. The second kappa shape index (κ2) is 8.95. The van der Waals surface area contributed by atoms with Gasteiger partial charge in [-0.25, -0.2) is 4.98 Å². The summed E-state index contributed by atoms with van der Waals surface area (Å²) >= 11 is 0. The number of carbonyl (C=O) groups is 1. The molecule has 0 unspecified atom stereocenters. The van der Waals surface area contributed by atoms with Crippen molar-refractivity contribution in [3.8, 4) is 11.6 Å². The highest BCUT2D eigenvalue weighted by molar-refractivity contribution is 5.84. The summed E-state index contributed by atoms with van der Waals surface area (Å²) in [6.07, 6.45) is 5.60. The van der Waals surface area contributed by atoms with Gasteiger partial charge in [0.1, 0.15) is 11.9 Å². The summed E-state index contributed by atoms with van der Waals surface area (Å²) in [6.45, 7) is 2.04. The van der Waals surface area contributed by atoms with Gasteiger partial charge in [0.2, 0.25) is 5.88 Å². The Morgan fingerprint density at radius 3 is 2.59 bits per heavy atom. The number of ether oxygens (including phenoxy) is 2. The van der Waals surface area contributed by atoms with Crippen LogP contribution in [0.5, 0.6) is 11.6 Å². The summed E-state index contributed by atoms with van der Waals surface area (Å²) < 4.78 is 11.6. The summed E-state index contributed by atoms with van der Waals surface area (Å²) in [5, 5.41) is 5.34. The van der Waals surface area contributed by atoms with Crippen LogP contribution in [0.25, 0.3) is 10.8 Å². The first-order chi connectivity index (χ1) is 14.2. The fraction of sp³-hybridized carbons (Fsp3) is 0.333. The van der Waals surface area contributed by atoms with Gasteiger partial charge in [-0.2, -0.15) is 0 Å². The molecule has 4 rings (SSSR count). The third-order valence-electron chi connectivity index (χ3n) is 5.30. The van der Waals surface area contributed by atoms with Gasteiger partial charge in [-0.05, 0) is 61.1 Å². The number of hydrogen-bond donors (Lipinski definition) is 1. The average molecular weight is 390 g/mol. The smallest absolute Gasteiger partial charge is 0.258 e. The predicted molar refractivity (Wildman–Crippen MR) is 113 cm³/mol. The van der Waals surface area contributed by atoms with Crippen molar-refractivity contribution in [3.63, 3.8) is 0 Å². The van der Waals surface area contributed by atoms with Crippen LogP contribution in [0.3, 0.4) is 0 Å². The highest BCUT2D eigenvalue weighted by Crippen LogP contribution is 2.23. The zero-order valence-electron chi connectivity index (χ0n) is 16.6. The van der Waals surface area contributed by atoms with Crippen molar-refractivity contribution in [3.05, 3.63) is 66.4 Å². The normalized spacial score (nSPS) is 18.9. The quantitative estimate of drug-likeness (QED) is 0.676. The number of nitrogens with one attached hydrogen (secondary N) is 1. The maximum absolute atomic E-state index is 12.3. The molecule has 0 aliphatic heterocycles. The number of benzene rings is 2. The van der Waals surface area contributed by atoms with Crippen molar-refractivity contribution >= 4 is 16.7 Å². The minimum atomic E-state index is -0.0808. The van der Waals surface area contributed by atoms with Gasteiger partial charge in [-0.1, -0.05) is 36.4 Å². The molecule has 2 aromatic carbocycles. The Kier molecular flexibility index (Phi) is 5.94. The zero-order chi connectivity index (χ0) is 20.1. The third kappa shape index (κ3) is 5.25. The Morgan fingerprint density at radius 2 is 1.83 bits per heavy atom. The highest BCUT2D eigenvalue weighted by atomic mass is 16.5. The van der Waals surface area contributed by atoms with E-state index in [0.717, 1.165) is 42.0 Å². The summed E-state index contributed by atoms with van der Waals surface area (Å²) in [4.78, 5) is 16.6. The zero-order valence-corrected chi connectivity index (χ0v) is 16.6. The van der Waals surface area contributed by atoms with E-state index in [1.807, 2.05) is 61.7 Å². The van der Waals surface area contributed by atoms with E-state index >= 15 is 0 Å². The monoisotopic (exact) mass is 390 g/mol. The second-order valence-corrected chi connectivity index (χ2v) is 7.63. The highest BCUT2D eigenvalue weighted by Gasteiger charge is 2.24. The number of fused-ring (bicyclic) bond motifs is 1. The molecule has 0 radical (unpaired) electrons. The second-order valence-electron chi connectivity index (χ2n) is 7.63. The van der Waals surface area contributed by atoms with Crippen molar-refractivity contribution < 1.29 is 14.3 Å². The van der Waals surface area contributed by atoms with E-state index in [2.05, 4.69) is 16.4 Å². The molecule has 150 valence electrons. The van der Waals surface area contributed by atoms with Crippen LogP contribution in [-0.4, -0.2) is 29.6 Å². The number of nitrogens with zero attached hydrogens (tertiary/aromatic N) is 1. The molecule has 0 atom stereocenters. The van der Waals surface area contributed by atoms with Gasteiger partial charge in [0.05, 0.1) is 0 Å². The molecule has 0 bridgehead atoms. The Balaban J connectivity index is 1.20. The van der Waals surface area contributed by atoms with Crippen LogP contribution >= 0.6 is 0 Å². The van der Waals surface area contributed by atoms with E-state index < -0.39 is 0 Å². The molecule has 0 spiro atoms. The van der Waals surface area contributed by atoms with Crippen LogP contribution in [0.15, 0.2) is 60.8 Å². The van der Waals surface area contributed by atoms with Crippen LogP contribution in [0.2, 0.25) is 0 Å². The molecule has 1 aliphatic rings. The standard InChI is InChI=1S/C24H26N2O3/c1-17-6-13-24(25-15-17)29-21-11-8-20(9-12-21)26-23(27)16-28-22-10-7-18-4-2-3-5-19(18)14-22/h2-7,10,13-15,20-21H,8-9,11-12,16H2,1H3,(H,26,27). The third-order valence-corrected chi connectivity index (χ3v) is 5.30. The van der Waals surface area contributed by atoms with E-state index in [0.29, 0.717) is 11.6 Å². The molecular weight excluding hydrogens is 364 g/mol. The maximum Gasteiger partial charge on any atom is 0.258 e. The van der Waals surface area contributed by atoms with Gasteiger partial charge < -0.3 is 14.8 Å². The topological polar surface area (TPSA) is 60.5 Å². The van der Waals surface area contributed by atoms with Gasteiger partial charge in [0.25, 0.3) is 5.91 Å². The van der Waals surface area contributed by atoms with E-state index in [-0.39, 0.29) is 24.7 Å². The van der Waals surface area contributed by atoms with Crippen LogP contribution in [-0.2, 0) is 4.79 Å². The van der Waals surface area contributed by atoms with E-state index in [4.69, 9.17) is 9.47 Å². The molecule has 1 aromatic heterocycles. The SMILES string of the molecule is Cc1ccc(OC2CCC(NC(=O)COc3ccc4ccccc4c3)CC2)nc1. The summed E-state index contributed by atoms with van der Waals surface area (Å²) in [5.74, 6) is 1.30. The van der Waals surface area contributed by atoms with Crippen molar-refractivity contribution in [2.75, 3.05) is 6.61 Å². The van der Waals surface area contributed by atoms with E-state index in [1.54, 1.807) is 0 Å². The molecular formula is C24H26N2O3. The lowest BCUT2D eigenvalue weighted by Crippen LogP contribution is -2.41. The summed E-state index contributed by atoms with van der Waals surface area (Å²) in [5.41, 5.74) is 1.12. The number of aromatic nitrogens is 1. The fourth-order valence-corrected chi connectivity index (χ4v) is 3.70. The number of rotatable bonds is 6. The maximum atomic E-state index is 12.3. The number of hydrogen-bond acceptors (Lipinski definition) is 4. The Morgan fingerprint density at radius 1 is 1.03 bits per heavy atom. The van der Waals surface area contributed by atoms with Gasteiger partial charge in [0, 0.05) is 18.3 Å². The molecule has 5 nitrogen and oxygen atoms in total. The Labute approximate surface area is 171 Å². The molecule has 1 amide bonds. The van der Waals surface area contributed by atoms with Crippen LogP contribution < -0.4 is 14.8 Å². The van der Waals surface area contributed by atoms with Crippen LogP contribution in [0.1, 0.15) is 31.2 Å². The minimum absolute atomic E-state index is 0.0298. The fourth-order valence-electron chi connectivity index (χ4n) is 3.70. The number of amides is 1. The van der Waals surface area contributed by atoms with E-state index in [1.165, 1.54) is 0 Å². The Bertz CT molecular complexity index is 963. The van der Waals surface area contributed by atoms with Gasteiger partial charge in [-0.3, -0.25) is 4.79 Å². The van der Waals surface area contributed by atoms with Gasteiger partial charge in [0.15, 0.2) is 6.61 Å². The first-order valence-corrected chi connectivity index (χ1v) is 10.2. The molecule has 1 aliphatic carbocycles. The molecule has 29 heavy (non-hydrogen) atoms. The van der Waals surface area contributed by atoms with Crippen molar-refractivity contribution in [1.82, 2.24) is 10.3 Å². The predicted octanol–water partition coefficient (Wildman–Crippen LogP) is 4.43. The molecule has 1 saturated carbocycles. The Hall–Kier alpha value is -3.08. The molecule has 5 heteroatoms. The molecule has 1 heterocycles. The first kappa shape index (κ1) is 19.2. The lowest BCUT2D eigenvalue weighted by Gasteiger charge is -2.29. The van der Waals surface area contributed by atoms with Crippen molar-refractivity contribution in [1.29, 1.82) is 0 Å². The summed E-state index contributed by atoms with van der Waals surface area (Å²) in [6, 6.07) is 18.1. The number of carbonyl (C=O) groups excluding carboxylic acids is 1. The van der Waals surface area contributed by atoms with Gasteiger partial charge in [-0.15, -0.1) is 0 Å². The largest absolute Gasteiger partial charge is 0.484 e. The van der Waals surface area contributed by atoms with Crippen molar-refractivity contribution in [2.45, 2.75) is 44.8 Å². The molecule has 1 N–H and O–H groups in total. The first-order valence-electron chi connectivity index (χ1n) is 10.2. The number of pyridine rings is 1. The molecule has 0 saturated heterocycles. The number of aryl methyl sites for hydroxylation is 1. The van der Waals surface area contributed by atoms with E-state index in [9.17, 15) is 4.79 Å². The average Bonchev–Trinajstić information content (AvgIpc) is 2.75. The lowest BCUT2D eigenvalue weighted by atomic mass is 9.93. The molecule has 3 aromatic rings. The van der Waals surface area contributed by atoms with Crippen LogP contribution in [0.4, 0.5) is 0 Å². The molecule has 1 fully saturated rings.